The Morgan fingerprint density at radius 1 is 1.38 bits per heavy atom. The molecule has 13 heavy (non-hydrogen) atoms. The molecule has 3 unspecified atom stereocenters. The Morgan fingerprint density at radius 2 is 2.00 bits per heavy atom. The van der Waals surface area contributed by atoms with Gasteiger partial charge in [-0.1, -0.05) is 20.8 Å². The molecule has 0 amide bonds. The molecule has 78 valence electrons. The summed E-state index contributed by atoms with van der Waals surface area (Å²) in [4.78, 5) is 0. The van der Waals surface area contributed by atoms with Crippen LogP contribution in [0.25, 0.3) is 0 Å². The highest BCUT2D eigenvalue weighted by atomic mass is 19.1. The number of hydrogen-bond acceptors (Lipinski definition) is 2. The quantitative estimate of drug-likeness (QED) is 0.678. The third-order valence-electron chi connectivity index (χ3n) is 2.68. The van der Waals surface area contributed by atoms with Crippen LogP contribution in [0.5, 0.6) is 0 Å². The lowest BCUT2D eigenvalue weighted by molar-refractivity contribution is 0.00928. The van der Waals surface area contributed by atoms with Crippen LogP contribution in [0.1, 0.15) is 27.2 Å². The van der Waals surface area contributed by atoms with Crippen LogP contribution in [-0.2, 0) is 4.74 Å². The van der Waals surface area contributed by atoms with E-state index < -0.39 is 6.17 Å². The largest absolute Gasteiger partial charge is 0.380 e. The Balaban J connectivity index is 2.53. The molecular formula is C10H20FNO. The van der Waals surface area contributed by atoms with E-state index in [9.17, 15) is 4.39 Å². The molecule has 0 saturated carbocycles. The molecule has 0 aromatic heterocycles. The number of alkyl halides is 1. The number of ether oxygens (including phenoxy) is 1. The van der Waals surface area contributed by atoms with Gasteiger partial charge in [-0.25, -0.2) is 4.39 Å². The molecule has 0 radical (unpaired) electrons. The average Bonchev–Trinajstić information content (AvgIpc) is 2.01. The molecule has 0 aliphatic carbocycles. The van der Waals surface area contributed by atoms with Crippen LogP contribution in [0.4, 0.5) is 4.39 Å². The summed E-state index contributed by atoms with van der Waals surface area (Å²) in [5.74, 6) is 0. The van der Waals surface area contributed by atoms with Crippen LogP contribution in [0.15, 0.2) is 0 Å². The van der Waals surface area contributed by atoms with Gasteiger partial charge in [-0.15, -0.1) is 0 Å². The molecule has 1 rings (SSSR count). The molecule has 2 nitrogen and oxygen atoms in total. The second kappa shape index (κ2) is 3.93. The van der Waals surface area contributed by atoms with Crippen molar-refractivity contribution in [2.45, 2.75) is 45.5 Å². The summed E-state index contributed by atoms with van der Waals surface area (Å²) in [5.41, 5.74) is -0.0157. The second-order valence-corrected chi connectivity index (χ2v) is 4.86. The maximum Gasteiger partial charge on any atom is 0.118 e. The molecule has 1 N–H and O–H groups in total. The lowest BCUT2D eigenvalue weighted by Crippen LogP contribution is -2.55. The highest BCUT2D eigenvalue weighted by Gasteiger charge is 2.37. The fourth-order valence-corrected chi connectivity index (χ4v) is 1.89. The van der Waals surface area contributed by atoms with Gasteiger partial charge in [0.15, 0.2) is 0 Å². The van der Waals surface area contributed by atoms with Crippen LogP contribution in [0.2, 0.25) is 0 Å². The Hall–Kier alpha value is -0.150. The van der Waals surface area contributed by atoms with Crippen LogP contribution in [-0.4, -0.2) is 32.0 Å². The summed E-state index contributed by atoms with van der Waals surface area (Å²) in [5, 5.41) is 3.21. The van der Waals surface area contributed by atoms with Crippen molar-refractivity contribution >= 4 is 0 Å². The van der Waals surface area contributed by atoms with Crippen molar-refractivity contribution in [3.63, 3.8) is 0 Å². The molecule has 1 fully saturated rings. The highest BCUT2D eigenvalue weighted by Crippen LogP contribution is 2.28. The maximum absolute atomic E-state index is 13.6. The molecule has 0 aromatic carbocycles. The van der Waals surface area contributed by atoms with Crippen molar-refractivity contribution in [1.29, 1.82) is 0 Å². The SMILES string of the molecule is COC1CNC(C(C)(C)C)C(F)C1. The van der Waals surface area contributed by atoms with Crippen LogP contribution >= 0.6 is 0 Å². The van der Waals surface area contributed by atoms with E-state index in [4.69, 9.17) is 4.74 Å². The Kier molecular flexibility index (Phi) is 3.30. The molecule has 1 saturated heterocycles. The molecule has 1 aliphatic heterocycles. The molecule has 1 heterocycles. The predicted octanol–water partition coefficient (Wildman–Crippen LogP) is 1.75. The van der Waals surface area contributed by atoms with E-state index in [1.54, 1.807) is 7.11 Å². The fraction of sp³-hybridized carbons (Fsp3) is 1.00. The number of nitrogens with one attached hydrogen (secondary N) is 1. The van der Waals surface area contributed by atoms with E-state index in [0.717, 1.165) is 6.54 Å². The Morgan fingerprint density at radius 3 is 2.38 bits per heavy atom. The lowest BCUT2D eigenvalue weighted by atomic mass is 9.80. The lowest BCUT2D eigenvalue weighted by Gasteiger charge is -2.39. The molecule has 0 spiro atoms. The summed E-state index contributed by atoms with van der Waals surface area (Å²) in [7, 11) is 1.64. The van der Waals surface area contributed by atoms with Crippen molar-refractivity contribution in [2.75, 3.05) is 13.7 Å². The summed E-state index contributed by atoms with van der Waals surface area (Å²) in [6.45, 7) is 6.94. The standard InChI is InChI=1S/C10H20FNO/c1-10(2,3)9-8(11)5-7(13-4)6-12-9/h7-9,12H,5-6H2,1-4H3. The minimum Gasteiger partial charge on any atom is -0.380 e. The number of halogens is 1. The molecule has 3 atom stereocenters. The number of piperidine rings is 1. The summed E-state index contributed by atoms with van der Waals surface area (Å²) in [6, 6.07) is -0.0427. The fourth-order valence-electron chi connectivity index (χ4n) is 1.89. The molecule has 0 aromatic rings. The van der Waals surface area contributed by atoms with E-state index in [2.05, 4.69) is 26.1 Å². The smallest absolute Gasteiger partial charge is 0.118 e. The number of rotatable bonds is 1. The van der Waals surface area contributed by atoms with Gasteiger partial charge in [-0.05, 0) is 5.41 Å². The van der Waals surface area contributed by atoms with E-state index >= 15 is 0 Å². The van der Waals surface area contributed by atoms with Crippen molar-refractivity contribution in [2.24, 2.45) is 5.41 Å². The van der Waals surface area contributed by atoms with Crippen LogP contribution < -0.4 is 5.32 Å². The van der Waals surface area contributed by atoms with Crippen molar-refractivity contribution in [1.82, 2.24) is 5.32 Å². The summed E-state index contributed by atoms with van der Waals surface area (Å²) in [6.07, 6.45) is -0.238. The molecular weight excluding hydrogens is 169 g/mol. The minimum absolute atomic E-state index is 0.0157. The van der Waals surface area contributed by atoms with E-state index in [0.29, 0.717) is 6.42 Å². The van der Waals surface area contributed by atoms with E-state index in [1.165, 1.54) is 0 Å². The van der Waals surface area contributed by atoms with Gasteiger partial charge in [0, 0.05) is 26.1 Å². The van der Waals surface area contributed by atoms with Gasteiger partial charge >= 0.3 is 0 Å². The second-order valence-electron chi connectivity index (χ2n) is 4.86. The third-order valence-corrected chi connectivity index (χ3v) is 2.68. The van der Waals surface area contributed by atoms with Crippen LogP contribution in [0, 0.1) is 5.41 Å². The monoisotopic (exact) mass is 189 g/mol. The predicted molar refractivity (Wildman–Crippen MR) is 51.6 cm³/mol. The Labute approximate surface area is 79.8 Å². The normalized spacial score (nSPS) is 36.2. The van der Waals surface area contributed by atoms with Gasteiger partial charge in [-0.2, -0.15) is 0 Å². The maximum atomic E-state index is 13.6. The first kappa shape index (κ1) is 10.9. The van der Waals surface area contributed by atoms with Crippen molar-refractivity contribution in [3.8, 4) is 0 Å². The zero-order chi connectivity index (χ0) is 10.1. The van der Waals surface area contributed by atoms with Gasteiger partial charge in [0.25, 0.3) is 0 Å². The number of methoxy groups -OCH3 is 1. The van der Waals surface area contributed by atoms with E-state index in [1.807, 2.05) is 0 Å². The first-order valence-corrected chi connectivity index (χ1v) is 4.85. The van der Waals surface area contributed by atoms with Crippen molar-refractivity contribution in [3.05, 3.63) is 0 Å². The van der Waals surface area contributed by atoms with Gasteiger partial charge in [0.05, 0.1) is 6.10 Å². The summed E-state index contributed by atoms with van der Waals surface area (Å²) >= 11 is 0. The summed E-state index contributed by atoms with van der Waals surface area (Å²) < 4.78 is 18.8. The number of hydrogen-bond donors (Lipinski definition) is 1. The molecule has 0 bridgehead atoms. The van der Waals surface area contributed by atoms with E-state index in [-0.39, 0.29) is 17.6 Å². The Bertz CT molecular complexity index is 167. The zero-order valence-electron chi connectivity index (χ0n) is 8.93. The minimum atomic E-state index is -0.793. The highest BCUT2D eigenvalue weighted by molar-refractivity contribution is 4.92. The van der Waals surface area contributed by atoms with Gasteiger partial charge in [-0.3, -0.25) is 0 Å². The first-order chi connectivity index (χ1) is 5.95. The van der Waals surface area contributed by atoms with Gasteiger partial charge in [0.1, 0.15) is 6.17 Å². The average molecular weight is 189 g/mol. The van der Waals surface area contributed by atoms with Crippen LogP contribution in [0.3, 0.4) is 0 Å². The van der Waals surface area contributed by atoms with Gasteiger partial charge in [0.2, 0.25) is 0 Å². The van der Waals surface area contributed by atoms with Crippen molar-refractivity contribution < 1.29 is 9.13 Å². The zero-order valence-corrected chi connectivity index (χ0v) is 8.93. The third kappa shape index (κ3) is 2.64. The first-order valence-electron chi connectivity index (χ1n) is 4.85. The molecule has 3 heteroatoms. The molecule has 1 aliphatic rings. The topological polar surface area (TPSA) is 21.3 Å². The van der Waals surface area contributed by atoms with Gasteiger partial charge < -0.3 is 10.1 Å².